The van der Waals surface area contributed by atoms with E-state index in [1.165, 1.54) is 0 Å². The monoisotopic (exact) mass is 690 g/mol. The molecule has 51 heavy (non-hydrogen) atoms. The number of hydrogen-bond acceptors (Lipinski definition) is 6. The number of anilines is 2. The van der Waals surface area contributed by atoms with E-state index in [9.17, 15) is 28.8 Å². The maximum Gasteiger partial charge on any atom is 0.269 e. The van der Waals surface area contributed by atoms with Gasteiger partial charge in [0.05, 0.1) is 0 Å². The number of hydrazine groups is 2. The fourth-order valence-electron chi connectivity index (χ4n) is 5.09. The first-order valence-electron chi connectivity index (χ1n) is 16.7. The van der Waals surface area contributed by atoms with Gasteiger partial charge in [-0.25, -0.2) is 0 Å². The summed E-state index contributed by atoms with van der Waals surface area (Å²) in [6.07, 6.45) is 4.07. The molecule has 0 fully saturated rings. The molecular weight excluding hydrogens is 648 g/mol. The second kappa shape index (κ2) is 19.0. The fraction of sp³-hybridized carbons (Fsp3) is 0.231. The van der Waals surface area contributed by atoms with Crippen molar-refractivity contribution in [1.82, 2.24) is 21.7 Å². The predicted molar refractivity (Wildman–Crippen MR) is 195 cm³/mol. The van der Waals surface area contributed by atoms with E-state index >= 15 is 0 Å². The van der Waals surface area contributed by atoms with E-state index in [0.717, 1.165) is 30.4 Å². The van der Waals surface area contributed by atoms with Gasteiger partial charge in [0.1, 0.15) is 0 Å². The van der Waals surface area contributed by atoms with Gasteiger partial charge in [0.25, 0.3) is 23.6 Å². The number of unbranched alkanes of at least 4 members (excludes halogenated alkanes) is 4. The highest BCUT2D eigenvalue weighted by Gasteiger charge is 2.13. The zero-order valence-corrected chi connectivity index (χ0v) is 28.6. The smallest absolute Gasteiger partial charge is 0.269 e. The average molecular weight is 691 g/mol. The van der Waals surface area contributed by atoms with Crippen LogP contribution in [0.25, 0.3) is 0 Å². The molecule has 0 aromatic heterocycles. The molecule has 12 nitrogen and oxygen atoms in total. The highest BCUT2D eigenvalue weighted by Crippen LogP contribution is 2.15. The number of carbonyl (C=O) groups is 6. The molecule has 0 aliphatic carbocycles. The van der Waals surface area contributed by atoms with Crippen LogP contribution in [-0.2, 0) is 9.59 Å². The molecule has 12 heteroatoms. The molecule has 0 saturated carbocycles. The van der Waals surface area contributed by atoms with E-state index in [0.29, 0.717) is 46.5 Å². The standard InChI is InChI=1S/C39H42N6O6/c1-26-12-8-10-14-32(26)38(50)40-30-22-18-28(19-23-30)36(48)44-42-34(46)16-6-4-3-5-7-17-35(47)43-45-37(49)29-20-24-31(25-21-29)41-39(51)33-15-11-9-13-27(33)2/h8-15,18-25H,3-7,16-17H2,1-2H3,(H,40,50)(H,41,51)(H,42,46)(H,43,47)(H,44,48)(H,45,49). The Morgan fingerprint density at radius 2 is 0.765 bits per heavy atom. The van der Waals surface area contributed by atoms with Crippen LogP contribution in [0.4, 0.5) is 11.4 Å². The summed E-state index contributed by atoms with van der Waals surface area (Å²) in [6.45, 7) is 3.71. The fourth-order valence-corrected chi connectivity index (χ4v) is 5.09. The van der Waals surface area contributed by atoms with Crippen LogP contribution in [0.3, 0.4) is 0 Å². The summed E-state index contributed by atoms with van der Waals surface area (Å²) in [5.41, 5.74) is 14.2. The minimum absolute atomic E-state index is 0.233. The van der Waals surface area contributed by atoms with Crippen LogP contribution in [0.1, 0.15) is 97.5 Å². The summed E-state index contributed by atoms with van der Waals surface area (Å²) in [5.74, 6) is -2.08. The zero-order valence-electron chi connectivity index (χ0n) is 28.6. The van der Waals surface area contributed by atoms with Crippen LogP contribution in [0.5, 0.6) is 0 Å². The molecule has 0 saturated heterocycles. The molecule has 0 aliphatic heterocycles. The molecular formula is C39H42N6O6. The van der Waals surface area contributed by atoms with Crippen LogP contribution in [0.15, 0.2) is 97.1 Å². The Labute approximate surface area is 296 Å². The van der Waals surface area contributed by atoms with Crippen LogP contribution < -0.4 is 32.3 Å². The minimum Gasteiger partial charge on any atom is -0.322 e. The molecule has 0 unspecified atom stereocenters. The first kappa shape index (κ1) is 37.5. The van der Waals surface area contributed by atoms with Gasteiger partial charge in [-0.2, -0.15) is 0 Å². The second-order valence-electron chi connectivity index (χ2n) is 12.0. The number of hydrogen-bond donors (Lipinski definition) is 6. The number of amides is 6. The molecule has 0 atom stereocenters. The summed E-state index contributed by atoms with van der Waals surface area (Å²) >= 11 is 0. The molecule has 6 N–H and O–H groups in total. The van der Waals surface area contributed by atoms with Gasteiger partial charge >= 0.3 is 0 Å². The summed E-state index contributed by atoms with van der Waals surface area (Å²) in [7, 11) is 0. The van der Waals surface area contributed by atoms with Crippen molar-refractivity contribution in [3.63, 3.8) is 0 Å². The molecule has 4 rings (SSSR count). The highest BCUT2D eigenvalue weighted by molar-refractivity contribution is 6.06. The molecule has 6 amide bonds. The van der Waals surface area contributed by atoms with Gasteiger partial charge in [-0.3, -0.25) is 50.5 Å². The molecule has 4 aromatic carbocycles. The molecule has 0 heterocycles. The molecule has 0 spiro atoms. The van der Waals surface area contributed by atoms with Gasteiger partial charge < -0.3 is 10.6 Å². The van der Waals surface area contributed by atoms with Crippen molar-refractivity contribution in [3.8, 4) is 0 Å². The summed E-state index contributed by atoms with van der Waals surface area (Å²) in [5, 5.41) is 5.61. The van der Waals surface area contributed by atoms with Crippen molar-refractivity contribution in [2.45, 2.75) is 58.8 Å². The Morgan fingerprint density at radius 1 is 0.412 bits per heavy atom. The lowest BCUT2D eigenvalue weighted by molar-refractivity contribution is -0.122. The maximum absolute atomic E-state index is 12.5. The Bertz CT molecular complexity index is 1720. The van der Waals surface area contributed by atoms with Gasteiger partial charge in [0.2, 0.25) is 11.8 Å². The van der Waals surface area contributed by atoms with Gasteiger partial charge in [-0.05, 0) is 98.5 Å². The van der Waals surface area contributed by atoms with Crippen LogP contribution in [-0.4, -0.2) is 35.4 Å². The van der Waals surface area contributed by atoms with E-state index < -0.39 is 11.8 Å². The van der Waals surface area contributed by atoms with Crippen LogP contribution >= 0.6 is 0 Å². The van der Waals surface area contributed by atoms with E-state index in [-0.39, 0.29) is 36.5 Å². The van der Waals surface area contributed by atoms with Crippen molar-refractivity contribution >= 4 is 46.8 Å². The highest BCUT2D eigenvalue weighted by atomic mass is 16.2. The van der Waals surface area contributed by atoms with Crippen LogP contribution in [0, 0.1) is 13.8 Å². The number of aryl methyl sites for hydroxylation is 2. The number of rotatable bonds is 14. The van der Waals surface area contributed by atoms with E-state index in [1.54, 1.807) is 72.8 Å². The summed E-state index contributed by atoms with van der Waals surface area (Å²) in [6, 6.07) is 27.2. The van der Waals surface area contributed by atoms with E-state index in [2.05, 4.69) is 32.3 Å². The lowest BCUT2D eigenvalue weighted by atomic mass is 10.1. The Hall–Kier alpha value is -6.30. The van der Waals surface area contributed by atoms with Crippen molar-refractivity contribution in [1.29, 1.82) is 0 Å². The number of nitrogens with one attached hydrogen (secondary N) is 6. The first-order chi connectivity index (χ1) is 24.6. The van der Waals surface area contributed by atoms with Gasteiger partial charge in [-0.1, -0.05) is 55.7 Å². The zero-order chi connectivity index (χ0) is 36.6. The third-order valence-electron chi connectivity index (χ3n) is 8.03. The van der Waals surface area contributed by atoms with E-state index in [1.807, 2.05) is 38.1 Å². The van der Waals surface area contributed by atoms with Crippen molar-refractivity contribution < 1.29 is 28.8 Å². The van der Waals surface area contributed by atoms with Crippen molar-refractivity contribution in [3.05, 3.63) is 130 Å². The van der Waals surface area contributed by atoms with Crippen molar-refractivity contribution in [2.75, 3.05) is 10.6 Å². The van der Waals surface area contributed by atoms with E-state index in [4.69, 9.17) is 0 Å². The number of carbonyl (C=O) groups excluding carboxylic acids is 6. The van der Waals surface area contributed by atoms with Crippen LogP contribution in [0.2, 0.25) is 0 Å². The second-order valence-corrected chi connectivity index (χ2v) is 12.0. The lowest BCUT2D eigenvalue weighted by Gasteiger charge is -2.10. The third-order valence-corrected chi connectivity index (χ3v) is 8.03. The maximum atomic E-state index is 12.5. The Balaban J connectivity index is 1.02. The van der Waals surface area contributed by atoms with Gasteiger partial charge in [0, 0.05) is 46.5 Å². The molecule has 4 aromatic rings. The Morgan fingerprint density at radius 3 is 1.14 bits per heavy atom. The SMILES string of the molecule is Cc1ccccc1C(=O)Nc1ccc(C(=O)NNC(=O)CCCCCCCC(=O)NNC(=O)c2ccc(NC(=O)c3ccccc3C)cc2)cc1. The largest absolute Gasteiger partial charge is 0.322 e. The van der Waals surface area contributed by atoms with Gasteiger partial charge in [0.15, 0.2) is 0 Å². The average Bonchev–Trinajstić information content (AvgIpc) is 3.13. The lowest BCUT2D eigenvalue weighted by Crippen LogP contribution is -2.41. The van der Waals surface area contributed by atoms with Crippen molar-refractivity contribution in [2.24, 2.45) is 0 Å². The minimum atomic E-state index is -0.480. The molecule has 0 radical (unpaired) electrons. The predicted octanol–water partition coefficient (Wildman–Crippen LogP) is 5.76. The number of benzene rings is 4. The third kappa shape index (κ3) is 12.0. The molecule has 264 valence electrons. The van der Waals surface area contributed by atoms with Gasteiger partial charge in [-0.15, -0.1) is 0 Å². The summed E-state index contributed by atoms with van der Waals surface area (Å²) < 4.78 is 0. The molecule has 0 aliphatic rings. The normalized spacial score (nSPS) is 10.4. The Kier molecular flexibility index (Phi) is 14.0. The topological polar surface area (TPSA) is 175 Å². The quantitative estimate of drug-likeness (QED) is 0.0725. The first-order valence-corrected chi connectivity index (χ1v) is 16.7. The summed E-state index contributed by atoms with van der Waals surface area (Å²) in [4.78, 5) is 74.2. The molecule has 0 bridgehead atoms.